The maximum atomic E-state index is 13.1. The molecule has 0 radical (unpaired) electrons. The van der Waals surface area contributed by atoms with Crippen LogP contribution in [0.3, 0.4) is 0 Å². The highest BCUT2D eigenvalue weighted by atomic mass is 35.5. The molecule has 1 aliphatic rings. The Morgan fingerprint density at radius 2 is 2.15 bits per heavy atom. The number of thioether (sulfide) groups is 1. The van der Waals surface area contributed by atoms with Gasteiger partial charge in [0.25, 0.3) is 5.56 Å². The fraction of sp³-hybridized carbons (Fsp3) is 0.550. The van der Waals surface area contributed by atoms with Crippen molar-refractivity contribution in [2.75, 3.05) is 6.61 Å². The molecule has 0 unspecified atom stereocenters. The number of fused-ring (bicyclic) bond motifs is 1. The van der Waals surface area contributed by atoms with Gasteiger partial charge in [0.15, 0.2) is 5.16 Å². The number of hydrogen-bond donors (Lipinski definition) is 0. The molecular formula is C20H25ClN2O3S. The van der Waals surface area contributed by atoms with Gasteiger partial charge in [-0.2, -0.15) is 0 Å². The minimum absolute atomic E-state index is 0.0908. The molecule has 0 bridgehead atoms. The number of halogens is 1. The van der Waals surface area contributed by atoms with Crippen LogP contribution in [0.25, 0.3) is 10.9 Å². The van der Waals surface area contributed by atoms with Crippen molar-refractivity contribution in [2.45, 2.75) is 69.0 Å². The fourth-order valence-electron chi connectivity index (χ4n) is 3.21. The van der Waals surface area contributed by atoms with Crippen LogP contribution in [0, 0.1) is 0 Å². The molecule has 1 atom stereocenters. The quantitative estimate of drug-likeness (QED) is 0.499. The van der Waals surface area contributed by atoms with E-state index in [1.54, 1.807) is 22.8 Å². The van der Waals surface area contributed by atoms with Crippen LogP contribution in [-0.2, 0) is 16.1 Å². The predicted octanol–water partition coefficient (Wildman–Crippen LogP) is 4.47. The van der Waals surface area contributed by atoms with Crippen molar-refractivity contribution in [2.24, 2.45) is 0 Å². The number of ether oxygens (including phenoxy) is 1. The van der Waals surface area contributed by atoms with E-state index in [1.165, 1.54) is 11.8 Å². The van der Waals surface area contributed by atoms with Crippen molar-refractivity contribution >= 4 is 40.0 Å². The standard InChI is InChI=1S/C20H25ClN2O3S/c1-13(2)26-11-5-10-23-19(25)15-9-8-14(21)12-16(15)22-20(23)27-18-7-4-3-6-17(18)24/h8-9,12-13,18H,3-7,10-11H2,1-2H3/t18-/m0/s1. The summed E-state index contributed by atoms with van der Waals surface area (Å²) in [5.74, 6) is 0.251. The second-order valence-electron chi connectivity index (χ2n) is 7.10. The van der Waals surface area contributed by atoms with Crippen LogP contribution in [0.5, 0.6) is 0 Å². The molecule has 1 aromatic carbocycles. The van der Waals surface area contributed by atoms with E-state index in [0.29, 0.717) is 47.1 Å². The van der Waals surface area contributed by atoms with Crippen LogP contribution in [0.4, 0.5) is 0 Å². The number of hydrogen-bond acceptors (Lipinski definition) is 5. The molecule has 3 rings (SSSR count). The Kier molecular flexibility index (Phi) is 6.95. The molecule has 2 aromatic rings. The number of carbonyl (C=O) groups is 1. The van der Waals surface area contributed by atoms with Crippen molar-refractivity contribution in [3.8, 4) is 0 Å². The summed E-state index contributed by atoms with van der Waals surface area (Å²) >= 11 is 7.50. The minimum atomic E-state index is -0.125. The minimum Gasteiger partial charge on any atom is -0.379 e. The van der Waals surface area contributed by atoms with Crippen LogP contribution in [-0.4, -0.2) is 33.3 Å². The first kappa shape index (κ1) is 20.4. The topological polar surface area (TPSA) is 61.2 Å². The molecule has 5 nitrogen and oxygen atoms in total. The summed E-state index contributed by atoms with van der Waals surface area (Å²) < 4.78 is 7.29. The lowest BCUT2D eigenvalue weighted by Gasteiger charge is -2.21. The molecule has 0 aliphatic heterocycles. The number of aromatic nitrogens is 2. The number of benzene rings is 1. The van der Waals surface area contributed by atoms with Crippen molar-refractivity contribution < 1.29 is 9.53 Å². The summed E-state index contributed by atoms with van der Waals surface area (Å²) in [7, 11) is 0. The van der Waals surface area contributed by atoms with E-state index in [2.05, 4.69) is 4.98 Å². The van der Waals surface area contributed by atoms with Gasteiger partial charge in [0.2, 0.25) is 0 Å². The fourth-order valence-corrected chi connectivity index (χ4v) is 4.61. The normalized spacial score (nSPS) is 17.8. The summed E-state index contributed by atoms with van der Waals surface area (Å²) in [6.07, 6.45) is 4.32. The van der Waals surface area contributed by atoms with E-state index in [0.717, 1.165) is 19.3 Å². The first-order chi connectivity index (χ1) is 13.0. The van der Waals surface area contributed by atoms with Gasteiger partial charge in [-0.1, -0.05) is 29.8 Å². The Balaban J connectivity index is 1.93. The Morgan fingerprint density at radius 3 is 2.89 bits per heavy atom. The molecule has 27 heavy (non-hydrogen) atoms. The van der Waals surface area contributed by atoms with Gasteiger partial charge < -0.3 is 4.74 Å². The lowest BCUT2D eigenvalue weighted by molar-refractivity contribution is -0.119. The van der Waals surface area contributed by atoms with E-state index in [9.17, 15) is 9.59 Å². The van der Waals surface area contributed by atoms with Gasteiger partial charge in [-0.3, -0.25) is 14.2 Å². The third-order valence-corrected chi connectivity index (χ3v) is 6.15. The molecule has 1 fully saturated rings. The average Bonchev–Trinajstić information content (AvgIpc) is 2.62. The number of carbonyl (C=O) groups excluding carboxylic acids is 1. The van der Waals surface area contributed by atoms with Crippen molar-refractivity contribution in [1.82, 2.24) is 9.55 Å². The van der Waals surface area contributed by atoms with E-state index in [-0.39, 0.29) is 22.7 Å². The van der Waals surface area contributed by atoms with Gasteiger partial charge in [-0.05, 0) is 51.3 Å². The number of Topliss-reactive ketones (excluding diaryl/α,β-unsaturated/α-hetero) is 1. The summed E-state index contributed by atoms with van der Waals surface area (Å²) in [6, 6.07) is 5.13. The summed E-state index contributed by atoms with van der Waals surface area (Å²) in [4.78, 5) is 30.0. The van der Waals surface area contributed by atoms with Crippen molar-refractivity contribution in [3.05, 3.63) is 33.6 Å². The summed E-state index contributed by atoms with van der Waals surface area (Å²) in [5.41, 5.74) is 0.486. The monoisotopic (exact) mass is 408 g/mol. The lowest BCUT2D eigenvalue weighted by Crippen LogP contribution is -2.27. The van der Waals surface area contributed by atoms with E-state index < -0.39 is 0 Å². The molecule has 1 heterocycles. The van der Waals surface area contributed by atoms with E-state index >= 15 is 0 Å². The maximum Gasteiger partial charge on any atom is 0.262 e. The number of ketones is 1. The van der Waals surface area contributed by atoms with Gasteiger partial charge in [0, 0.05) is 24.6 Å². The zero-order chi connectivity index (χ0) is 19.4. The molecule has 1 aliphatic carbocycles. The third kappa shape index (κ3) is 5.12. The Bertz CT molecular complexity index is 881. The van der Waals surface area contributed by atoms with Gasteiger partial charge in [0.05, 0.1) is 22.3 Å². The second kappa shape index (κ2) is 9.22. The Labute approximate surface area is 168 Å². The number of rotatable bonds is 7. The highest BCUT2D eigenvalue weighted by Gasteiger charge is 2.25. The van der Waals surface area contributed by atoms with Gasteiger partial charge in [-0.15, -0.1) is 0 Å². The van der Waals surface area contributed by atoms with Crippen molar-refractivity contribution in [3.63, 3.8) is 0 Å². The van der Waals surface area contributed by atoms with E-state index in [1.807, 2.05) is 13.8 Å². The largest absolute Gasteiger partial charge is 0.379 e. The summed E-state index contributed by atoms with van der Waals surface area (Å²) in [5, 5.41) is 1.56. The average molecular weight is 409 g/mol. The molecule has 1 saturated carbocycles. The Morgan fingerprint density at radius 1 is 1.33 bits per heavy atom. The molecule has 146 valence electrons. The zero-order valence-corrected chi connectivity index (χ0v) is 17.3. The predicted molar refractivity (Wildman–Crippen MR) is 110 cm³/mol. The molecule has 1 aromatic heterocycles. The van der Waals surface area contributed by atoms with Crippen LogP contribution >= 0.6 is 23.4 Å². The van der Waals surface area contributed by atoms with Crippen LogP contribution in [0.1, 0.15) is 46.0 Å². The lowest BCUT2D eigenvalue weighted by atomic mass is 9.99. The zero-order valence-electron chi connectivity index (χ0n) is 15.7. The number of nitrogens with zero attached hydrogens (tertiary/aromatic N) is 2. The SMILES string of the molecule is CC(C)OCCCn1c(S[C@H]2CCCCC2=O)nc2cc(Cl)ccc2c1=O. The molecule has 0 amide bonds. The van der Waals surface area contributed by atoms with Crippen LogP contribution < -0.4 is 5.56 Å². The smallest absolute Gasteiger partial charge is 0.262 e. The Hall–Kier alpha value is -1.37. The van der Waals surface area contributed by atoms with Gasteiger partial charge >= 0.3 is 0 Å². The van der Waals surface area contributed by atoms with Gasteiger partial charge in [-0.25, -0.2) is 4.98 Å². The first-order valence-corrected chi connectivity index (χ1v) is 10.7. The molecule has 0 spiro atoms. The molecule has 0 N–H and O–H groups in total. The van der Waals surface area contributed by atoms with Crippen molar-refractivity contribution in [1.29, 1.82) is 0 Å². The third-order valence-electron chi connectivity index (χ3n) is 4.61. The van der Waals surface area contributed by atoms with Gasteiger partial charge in [0.1, 0.15) is 5.78 Å². The second-order valence-corrected chi connectivity index (χ2v) is 8.71. The molecule has 7 heteroatoms. The van der Waals surface area contributed by atoms with Crippen LogP contribution in [0.2, 0.25) is 5.02 Å². The highest BCUT2D eigenvalue weighted by Crippen LogP contribution is 2.31. The van der Waals surface area contributed by atoms with Crippen LogP contribution in [0.15, 0.2) is 28.2 Å². The maximum absolute atomic E-state index is 13.1. The summed E-state index contributed by atoms with van der Waals surface area (Å²) in [6.45, 7) is 5.07. The molecular weight excluding hydrogens is 384 g/mol. The first-order valence-electron chi connectivity index (χ1n) is 9.47. The van der Waals surface area contributed by atoms with E-state index in [4.69, 9.17) is 16.3 Å². The molecule has 0 saturated heterocycles. The highest BCUT2D eigenvalue weighted by molar-refractivity contribution is 8.00.